The summed E-state index contributed by atoms with van der Waals surface area (Å²) in [5, 5.41) is 12.2. The van der Waals surface area contributed by atoms with Gasteiger partial charge in [-0.25, -0.2) is 0 Å². The van der Waals surface area contributed by atoms with Gasteiger partial charge in [-0.05, 0) is 56.1 Å². The number of nitriles is 1. The van der Waals surface area contributed by atoms with E-state index in [-0.39, 0.29) is 21.7 Å². The molecule has 3 atom stereocenters. The number of thiophene rings is 1. The lowest BCUT2D eigenvalue weighted by molar-refractivity contribution is -0.137. The van der Waals surface area contributed by atoms with Gasteiger partial charge >= 0.3 is 6.18 Å². The van der Waals surface area contributed by atoms with E-state index in [1.165, 1.54) is 0 Å². The Labute approximate surface area is 171 Å². The van der Waals surface area contributed by atoms with Crippen LogP contribution in [-0.4, -0.2) is 5.91 Å². The van der Waals surface area contributed by atoms with Gasteiger partial charge in [-0.2, -0.15) is 18.4 Å². The lowest BCUT2D eigenvalue weighted by Crippen LogP contribution is -2.27. The van der Waals surface area contributed by atoms with Crippen molar-refractivity contribution in [3.63, 3.8) is 0 Å². The van der Waals surface area contributed by atoms with Crippen molar-refractivity contribution < 1.29 is 18.0 Å². The molecule has 2 bridgehead atoms. The zero-order valence-corrected chi connectivity index (χ0v) is 17.0. The largest absolute Gasteiger partial charge is 0.419 e. The molecular formula is C22H21F3N2OS. The molecule has 1 aromatic heterocycles. The third kappa shape index (κ3) is 3.55. The number of amides is 1. The Kier molecular flexibility index (Phi) is 4.94. The maximum atomic E-state index is 13.9. The van der Waals surface area contributed by atoms with Crippen molar-refractivity contribution in [2.75, 3.05) is 5.32 Å². The van der Waals surface area contributed by atoms with E-state index in [2.05, 4.69) is 5.32 Å². The van der Waals surface area contributed by atoms with Crippen LogP contribution in [0.15, 0.2) is 18.2 Å². The predicted octanol–water partition coefficient (Wildman–Crippen LogP) is 6.30. The molecule has 0 radical (unpaired) electrons. The minimum Gasteiger partial charge on any atom is -0.316 e. The summed E-state index contributed by atoms with van der Waals surface area (Å²) in [6.45, 7) is 3.56. The lowest BCUT2D eigenvalue weighted by atomic mass is 9.88. The molecule has 2 fully saturated rings. The van der Waals surface area contributed by atoms with Gasteiger partial charge in [0, 0.05) is 5.92 Å². The number of aryl methyl sites for hydroxylation is 2. The van der Waals surface area contributed by atoms with Crippen LogP contribution >= 0.6 is 11.3 Å². The highest BCUT2D eigenvalue weighted by Gasteiger charge is 2.44. The van der Waals surface area contributed by atoms with E-state index < -0.39 is 17.3 Å². The minimum atomic E-state index is -4.69. The molecule has 4 rings (SSSR count). The number of rotatable bonds is 3. The predicted molar refractivity (Wildman–Crippen MR) is 107 cm³/mol. The lowest BCUT2D eigenvalue weighted by Gasteiger charge is -2.20. The first-order valence-electron chi connectivity index (χ1n) is 9.71. The van der Waals surface area contributed by atoms with Gasteiger partial charge in [0.15, 0.2) is 0 Å². The molecule has 0 aliphatic heterocycles. The van der Waals surface area contributed by atoms with Gasteiger partial charge in [0.05, 0.1) is 16.0 Å². The molecule has 2 aromatic rings. The molecule has 152 valence electrons. The van der Waals surface area contributed by atoms with Gasteiger partial charge in [0.2, 0.25) is 5.91 Å². The van der Waals surface area contributed by atoms with Gasteiger partial charge in [0.1, 0.15) is 11.1 Å². The fourth-order valence-corrected chi connectivity index (χ4v) is 6.09. The molecule has 2 saturated carbocycles. The molecule has 1 aromatic carbocycles. The second-order valence-electron chi connectivity index (χ2n) is 8.21. The van der Waals surface area contributed by atoms with Crippen LogP contribution in [0.1, 0.15) is 47.9 Å². The number of anilines is 1. The molecule has 1 heterocycles. The van der Waals surface area contributed by atoms with E-state index in [1.54, 1.807) is 25.1 Å². The quantitative estimate of drug-likeness (QED) is 0.636. The molecule has 0 unspecified atom stereocenters. The number of carbonyl (C=O) groups excluding carboxylic acids is 1. The van der Waals surface area contributed by atoms with Gasteiger partial charge < -0.3 is 5.32 Å². The monoisotopic (exact) mass is 418 g/mol. The van der Waals surface area contributed by atoms with E-state index in [0.717, 1.165) is 42.6 Å². The van der Waals surface area contributed by atoms with Crippen LogP contribution in [0.3, 0.4) is 0 Å². The molecule has 2 aliphatic carbocycles. The summed E-state index contributed by atoms with van der Waals surface area (Å²) in [4.78, 5) is 12.8. The van der Waals surface area contributed by atoms with Gasteiger partial charge in [-0.3, -0.25) is 4.79 Å². The average Bonchev–Trinajstić information content (AvgIpc) is 3.36. The number of halogens is 3. The number of nitrogens with zero attached hydrogens (tertiary/aromatic N) is 1. The van der Waals surface area contributed by atoms with E-state index >= 15 is 0 Å². The molecule has 0 saturated heterocycles. The van der Waals surface area contributed by atoms with Crippen LogP contribution in [0.5, 0.6) is 0 Å². The van der Waals surface area contributed by atoms with Gasteiger partial charge in [0.25, 0.3) is 0 Å². The van der Waals surface area contributed by atoms with E-state index in [4.69, 9.17) is 0 Å². The second-order valence-corrected chi connectivity index (χ2v) is 9.23. The maximum absolute atomic E-state index is 13.9. The molecule has 29 heavy (non-hydrogen) atoms. The molecule has 2 aliphatic rings. The molecule has 1 N–H and O–H groups in total. The van der Waals surface area contributed by atoms with E-state index in [9.17, 15) is 23.2 Å². The van der Waals surface area contributed by atoms with Crippen molar-refractivity contribution in [3.05, 3.63) is 40.5 Å². The molecule has 7 heteroatoms. The zero-order chi connectivity index (χ0) is 20.9. The van der Waals surface area contributed by atoms with Crippen molar-refractivity contribution in [1.82, 2.24) is 0 Å². The summed E-state index contributed by atoms with van der Waals surface area (Å²) < 4.78 is 41.8. The van der Waals surface area contributed by atoms with Crippen LogP contribution in [0, 0.1) is 42.9 Å². The summed E-state index contributed by atoms with van der Waals surface area (Å²) >= 11 is 0.846. The highest BCUT2D eigenvalue weighted by Crippen LogP contribution is 2.51. The maximum Gasteiger partial charge on any atom is 0.419 e. The first-order chi connectivity index (χ1) is 13.7. The molecule has 1 amide bonds. The Morgan fingerprint density at radius 3 is 2.59 bits per heavy atom. The van der Waals surface area contributed by atoms with Crippen molar-refractivity contribution >= 4 is 22.2 Å². The Hall–Kier alpha value is -2.33. The number of hydrogen-bond donors (Lipinski definition) is 1. The van der Waals surface area contributed by atoms with E-state index in [1.807, 2.05) is 13.0 Å². The number of nitrogens with one attached hydrogen (secondary N) is 1. The Morgan fingerprint density at radius 1 is 1.24 bits per heavy atom. The van der Waals surface area contributed by atoms with Crippen LogP contribution in [-0.2, 0) is 11.0 Å². The van der Waals surface area contributed by atoms with Crippen LogP contribution in [0.4, 0.5) is 18.2 Å². The highest BCUT2D eigenvalue weighted by molar-refractivity contribution is 7.20. The third-order valence-electron chi connectivity index (χ3n) is 6.25. The van der Waals surface area contributed by atoms with Crippen LogP contribution in [0.25, 0.3) is 10.4 Å². The number of fused-ring (bicyclic) bond motifs is 2. The Morgan fingerprint density at radius 2 is 2.00 bits per heavy atom. The second kappa shape index (κ2) is 7.17. The van der Waals surface area contributed by atoms with E-state index in [0.29, 0.717) is 23.0 Å². The fourth-order valence-electron chi connectivity index (χ4n) is 4.84. The van der Waals surface area contributed by atoms with Crippen LogP contribution in [0.2, 0.25) is 0 Å². The summed E-state index contributed by atoms with van der Waals surface area (Å²) in [6.07, 6.45) is -0.747. The van der Waals surface area contributed by atoms with Crippen molar-refractivity contribution in [2.24, 2.45) is 17.8 Å². The summed E-state index contributed by atoms with van der Waals surface area (Å²) in [6, 6.07) is 7.00. The standard InChI is InChI=1S/C22H21F3N2OS/c1-11-3-4-12(2)15(7-11)19-18(22(23,24)25)17(10-26)21(29-19)27-20(28)16-9-13-5-6-14(16)8-13/h3-4,7,13-14,16H,5-6,8-9H2,1-2H3,(H,27,28)/t13-,14-,16-/m0/s1. The molecule has 0 spiro atoms. The van der Waals surface area contributed by atoms with Gasteiger partial charge in [-0.1, -0.05) is 30.2 Å². The van der Waals surface area contributed by atoms with Gasteiger partial charge in [-0.15, -0.1) is 11.3 Å². The summed E-state index contributed by atoms with van der Waals surface area (Å²) in [5.74, 6) is 0.439. The van der Waals surface area contributed by atoms with Crippen molar-refractivity contribution in [2.45, 2.75) is 45.7 Å². The zero-order valence-electron chi connectivity index (χ0n) is 16.2. The number of carbonyl (C=O) groups is 1. The highest BCUT2D eigenvalue weighted by atomic mass is 32.1. The smallest absolute Gasteiger partial charge is 0.316 e. The number of hydrogen-bond acceptors (Lipinski definition) is 3. The Balaban J connectivity index is 1.77. The molecule has 3 nitrogen and oxygen atoms in total. The first kappa shape index (κ1) is 20.0. The summed E-state index contributed by atoms with van der Waals surface area (Å²) in [5.41, 5.74) is 0.520. The SMILES string of the molecule is Cc1ccc(C)c(-c2sc(NC(=O)[C@H]3C[C@H]4CC[C@H]3C4)c(C#N)c2C(F)(F)F)c1. The minimum absolute atomic E-state index is 0.00324. The van der Waals surface area contributed by atoms with Crippen molar-refractivity contribution in [3.8, 4) is 16.5 Å². The summed E-state index contributed by atoms with van der Waals surface area (Å²) in [7, 11) is 0. The fraction of sp³-hybridized carbons (Fsp3) is 0.455. The Bertz CT molecular complexity index is 1020. The topological polar surface area (TPSA) is 52.9 Å². The third-order valence-corrected chi connectivity index (χ3v) is 7.39. The average molecular weight is 418 g/mol. The van der Waals surface area contributed by atoms with Crippen LogP contribution < -0.4 is 5.32 Å². The van der Waals surface area contributed by atoms with Crippen molar-refractivity contribution in [1.29, 1.82) is 5.26 Å². The number of alkyl halides is 3. The number of benzene rings is 1. The normalized spacial score (nSPS) is 23.2. The first-order valence-corrected chi connectivity index (χ1v) is 10.5. The molecular weight excluding hydrogens is 397 g/mol.